The van der Waals surface area contributed by atoms with Gasteiger partial charge in [-0.3, -0.25) is 4.79 Å². The number of carbonyl (C=O) groups excluding carboxylic acids is 1. The first-order chi connectivity index (χ1) is 9.22. The Balaban J connectivity index is 2.03. The SMILES string of the molecule is CNCCCNC(=O)CCCCc1ccc(I)cc1. The van der Waals surface area contributed by atoms with Gasteiger partial charge in [0.05, 0.1) is 0 Å². The standard InChI is InChI=1S/C15H23IN2O/c1-17-11-4-12-18-15(19)6-3-2-5-13-7-9-14(16)10-8-13/h7-10,17H,2-6,11-12H2,1H3,(H,18,19). The van der Waals surface area contributed by atoms with Crippen molar-refractivity contribution in [2.45, 2.75) is 32.1 Å². The molecule has 0 saturated carbocycles. The zero-order valence-electron chi connectivity index (χ0n) is 11.5. The van der Waals surface area contributed by atoms with Crippen molar-refractivity contribution in [1.29, 1.82) is 0 Å². The molecule has 2 N–H and O–H groups in total. The highest BCUT2D eigenvalue weighted by molar-refractivity contribution is 14.1. The van der Waals surface area contributed by atoms with Gasteiger partial charge in [-0.15, -0.1) is 0 Å². The molecule has 0 heterocycles. The van der Waals surface area contributed by atoms with Crippen LogP contribution in [0.1, 0.15) is 31.2 Å². The molecule has 0 spiro atoms. The summed E-state index contributed by atoms with van der Waals surface area (Å²) in [6.07, 6.45) is 4.73. The summed E-state index contributed by atoms with van der Waals surface area (Å²) in [5.41, 5.74) is 1.36. The molecule has 106 valence electrons. The summed E-state index contributed by atoms with van der Waals surface area (Å²) < 4.78 is 1.27. The highest BCUT2D eigenvalue weighted by Crippen LogP contribution is 2.10. The summed E-state index contributed by atoms with van der Waals surface area (Å²) in [6.45, 7) is 1.73. The maximum absolute atomic E-state index is 11.5. The lowest BCUT2D eigenvalue weighted by molar-refractivity contribution is -0.121. The maximum Gasteiger partial charge on any atom is 0.219 e. The summed E-state index contributed by atoms with van der Waals surface area (Å²) in [4.78, 5) is 11.5. The zero-order valence-corrected chi connectivity index (χ0v) is 13.7. The molecular formula is C15H23IN2O. The second-order valence-electron chi connectivity index (χ2n) is 4.64. The zero-order chi connectivity index (χ0) is 13.9. The Labute approximate surface area is 129 Å². The van der Waals surface area contributed by atoms with E-state index >= 15 is 0 Å². The number of halogens is 1. The van der Waals surface area contributed by atoms with Gasteiger partial charge in [0.25, 0.3) is 0 Å². The van der Waals surface area contributed by atoms with E-state index in [-0.39, 0.29) is 5.91 Å². The van der Waals surface area contributed by atoms with E-state index in [1.807, 2.05) is 7.05 Å². The molecule has 0 bridgehead atoms. The monoisotopic (exact) mass is 374 g/mol. The van der Waals surface area contributed by atoms with Gasteiger partial charge in [-0.1, -0.05) is 12.1 Å². The molecule has 0 unspecified atom stereocenters. The Bertz CT molecular complexity index is 365. The van der Waals surface area contributed by atoms with E-state index in [1.54, 1.807) is 0 Å². The van der Waals surface area contributed by atoms with Gasteiger partial charge in [0.15, 0.2) is 0 Å². The molecule has 1 amide bonds. The van der Waals surface area contributed by atoms with Crippen LogP contribution in [0.5, 0.6) is 0 Å². The molecule has 0 aliphatic carbocycles. The lowest BCUT2D eigenvalue weighted by Gasteiger charge is -2.05. The van der Waals surface area contributed by atoms with Gasteiger partial charge in [0.1, 0.15) is 0 Å². The lowest BCUT2D eigenvalue weighted by atomic mass is 10.1. The quantitative estimate of drug-likeness (QED) is 0.516. The molecule has 4 heteroatoms. The van der Waals surface area contributed by atoms with Crippen LogP contribution in [0.25, 0.3) is 0 Å². The average molecular weight is 374 g/mol. The van der Waals surface area contributed by atoms with Gasteiger partial charge in [-0.25, -0.2) is 0 Å². The van der Waals surface area contributed by atoms with Crippen molar-refractivity contribution in [2.75, 3.05) is 20.1 Å². The van der Waals surface area contributed by atoms with Crippen LogP contribution in [0.3, 0.4) is 0 Å². The molecule has 0 atom stereocenters. The largest absolute Gasteiger partial charge is 0.356 e. The van der Waals surface area contributed by atoms with Crippen molar-refractivity contribution in [3.05, 3.63) is 33.4 Å². The van der Waals surface area contributed by atoms with Gasteiger partial charge in [0.2, 0.25) is 5.91 Å². The van der Waals surface area contributed by atoms with Crippen molar-refractivity contribution in [2.24, 2.45) is 0 Å². The van der Waals surface area contributed by atoms with E-state index in [0.29, 0.717) is 6.42 Å². The summed E-state index contributed by atoms with van der Waals surface area (Å²) >= 11 is 2.31. The van der Waals surface area contributed by atoms with Crippen LogP contribution in [-0.4, -0.2) is 26.0 Å². The third-order valence-electron chi connectivity index (χ3n) is 2.96. The second-order valence-corrected chi connectivity index (χ2v) is 5.89. The minimum absolute atomic E-state index is 0.179. The van der Waals surface area contributed by atoms with Crippen molar-refractivity contribution in [1.82, 2.24) is 10.6 Å². The molecular weight excluding hydrogens is 351 g/mol. The van der Waals surface area contributed by atoms with Gasteiger partial charge < -0.3 is 10.6 Å². The number of hydrogen-bond donors (Lipinski definition) is 2. The third kappa shape index (κ3) is 8.21. The van der Waals surface area contributed by atoms with Crippen LogP contribution in [-0.2, 0) is 11.2 Å². The fourth-order valence-electron chi connectivity index (χ4n) is 1.85. The number of amides is 1. The average Bonchev–Trinajstić information content (AvgIpc) is 2.42. The Kier molecular flexibility index (Phi) is 8.82. The van der Waals surface area contributed by atoms with E-state index in [9.17, 15) is 4.79 Å². The van der Waals surface area contributed by atoms with Crippen molar-refractivity contribution in [3.63, 3.8) is 0 Å². The number of nitrogens with one attached hydrogen (secondary N) is 2. The lowest BCUT2D eigenvalue weighted by Crippen LogP contribution is -2.26. The Hall–Kier alpha value is -0.620. The molecule has 0 aliphatic heterocycles. The molecule has 1 rings (SSSR count). The fourth-order valence-corrected chi connectivity index (χ4v) is 2.21. The molecule has 19 heavy (non-hydrogen) atoms. The van der Waals surface area contributed by atoms with Gasteiger partial charge in [-0.05, 0) is 79.6 Å². The summed E-state index contributed by atoms with van der Waals surface area (Å²) in [6, 6.07) is 8.59. The topological polar surface area (TPSA) is 41.1 Å². The van der Waals surface area contributed by atoms with E-state index < -0.39 is 0 Å². The Morgan fingerprint density at radius 2 is 1.84 bits per heavy atom. The Morgan fingerprint density at radius 3 is 2.53 bits per heavy atom. The molecule has 0 aliphatic rings. The highest BCUT2D eigenvalue weighted by Gasteiger charge is 2.00. The molecule has 1 aromatic carbocycles. The van der Waals surface area contributed by atoms with Gasteiger partial charge in [0, 0.05) is 16.5 Å². The molecule has 0 saturated heterocycles. The first-order valence-electron chi connectivity index (χ1n) is 6.88. The van der Waals surface area contributed by atoms with Crippen LogP contribution in [0.4, 0.5) is 0 Å². The summed E-state index contributed by atoms with van der Waals surface area (Å²) in [5.74, 6) is 0.179. The van der Waals surface area contributed by atoms with Crippen LogP contribution in [0.2, 0.25) is 0 Å². The smallest absolute Gasteiger partial charge is 0.219 e. The number of hydrogen-bond acceptors (Lipinski definition) is 2. The van der Waals surface area contributed by atoms with Gasteiger partial charge >= 0.3 is 0 Å². The van der Waals surface area contributed by atoms with Crippen molar-refractivity contribution >= 4 is 28.5 Å². The van der Waals surface area contributed by atoms with Crippen LogP contribution >= 0.6 is 22.6 Å². The maximum atomic E-state index is 11.5. The number of benzene rings is 1. The number of rotatable bonds is 9. The minimum Gasteiger partial charge on any atom is -0.356 e. The Morgan fingerprint density at radius 1 is 1.11 bits per heavy atom. The first kappa shape index (κ1) is 16.4. The van der Waals surface area contributed by atoms with Crippen molar-refractivity contribution < 1.29 is 4.79 Å². The van der Waals surface area contributed by atoms with E-state index in [4.69, 9.17) is 0 Å². The molecule has 1 aromatic rings. The highest BCUT2D eigenvalue weighted by atomic mass is 127. The number of aryl methyl sites for hydroxylation is 1. The summed E-state index contributed by atoms with van der Waals surface area (Å²) in [5, 5.41) is 6.01. The first-order valence-corrected chi connectivity index (χ1v) is 7.96. The molecule has 0 fully saturated rings. The van der Waals surface area contributed by atoms with E-state index in [1.165, 1.54) is 9.13 Å². The predicted octanol–water partition coefficient (Wildman–Crippen LogP) is 2.73. The predicted molar refractivity (Wildman–Crippen MR) is 88.3 cm³/mol. The fraction of sp³-hybridized carbons (Fsp3) is 0.533. The number of carbonyl (C=O) groups is 1. The molecule has 3 nitrogen and oxygen atoms in total. The normalized spacial score (nSPS) is 10.4. The van der Waals surface area contributed by atoms with Gasteiger partial charge in [-0.2, -0.15) is 0 Å². The van der Waals surface area contributed by atoms with Crippen LogP contribution in [0.15, 0.2) is 24.3 Å². The molecule has 0 aromatic heterocycles. The molecule has 0 radical (unpaired) electrons. The van der Waals surface area contributed by atoms with E-state index in [0.717, 1.165) is 38.8 Å². The summed E-state index contributed by atoms with van der Waals surface area (Å²) in [7, 11) is 1.92. The van der Waals surface area contributed by atoms with E-state index in [2.05, 4.69) is 57.5 Å². The van der Waals surface area contributed by atoms with Crippen molar-refractivity contribution in [3.8, 4) is 0 Å². The van der Waals surface area contributed by atoms with Crippen LogP contribution in [0, 0.1) is 3.57 Å². The van der Waals surface area contributed by atoms with Crippen LogP contribution < -0.4 is 10.6 Å². The third-order valence-corrected chi connectivity index (χ3v) is 3.68. The number of unbranched alkanes of at least 4 members (excludes halogenated alkanes) is 1. The minimum atomic E-state index is 0.179. The second kappa shape index (κ2) is 10.2.